The first kappa shape index (κ1) is 18.7. The van der Waals surface area contributed by atoms with Crippen LogP contribution in [0.25, 0.3) is 0 Å². The van der Waals surface area contributed by atoms with Crippen molar-refractivity contribution in [2.75, 3.05) is 13.1 Å². The summed E-state index contributed by atoms with van der Waals surface area (Å²) < 4.78 is 13.9. The van der Waals surface area contributed by atoms with Crippen molar-refractivity contribution in [1.82, 2.24) is 4.90 Å². The molecule has 0 aromatic heterocycles. The molecule has 0 unspecified atom stereocenters. The topological polar surface area (TPSA) is 41.9 Å². The van der Waals surface area contributed by atoms with Crippen molar-refractivity contribution in [3.8, 4) is 0 Å². The average Bonchev–Trinajstić information content (AvgIpc) is 3.10. The van der Waals surface area contributed by atoms with Gasteiger partial charge in [-0.3, -0.25) is 4.79 Å². The normalized spacial score (nSPS) is 16.2. The van der Waals surface area contributed by atoms with E-state index in [0.717, 1.165) is 11.3 Å². The van der Waals surface area contributed by atoms with Gasteiger partial charge < -0.3 is 9.74 Å². The summed E-state index contributed by atoms with van der Waals surface area (Å²) in [5.41, 5.74) is 1.62. The summed E-state index contributed by atoms with van der Waals surface area (Å²) in [4.78, 5) is 19.6. The number of halogens is 3. The highest BCUT2D eigenvalue weighted by atomic mass is 35.5. The van der Waals surface area contributed by atoms with Gasteiger partial charge in [0.2, 0.25) is 0 Å². The van der Waals surface area contributed by atoms with E-state index in [1.807, 2.05) is 13.0 Å². The largest absolute Gasteiger partial charge is 0.390 e. The molecule has 0 fully saturated rings. The van der Waals surface area contributed by atoms with Crippen molar-refractivity contribution in [3.63, 3.8) is 0 Å². The van der Waals surface area contributed by atoms with Crippen molar-refractivity contribution in [1.29, 1.82) is 0 Å². The van der Waals surface area contributed by atoms with Crippen LogP contribution in [-0.4, -0.2) is 35.7 Å². The fraction of sp³-hybridized carbons (Fsp3) is 0.263. The number of carbonyl (C=O) groups excluding carboxylic acids is 1. The van der Waals surface area contributed by atoms with Crippen LogP contribution in [0.1, 0.15) is 29.3 Å². The number of likely N-dealkylation sites (N-methyl/N-ethyl adjacent to an activating group) is 1. The number of rotatable bonds is 5. The molecule has 7 heteroatoms. The zero-order valence-corrected chi connectivity index (χ0v) is 15.6. The molecule has 3 rings (SSSR count). The molecular weight excluding hydrogens is 378 g/mol. The molecule has 1 aliphatic heterocycles. The third-order valence-corrected chi connectivity index (χ3v) is 4.92. The van der Waals surface area contributed by atoms with Gasteiger partial charge in [-0.25, -0.2) is 4.39 Å². The van der Waals surface area contributed by atoms with Gasteiger partial charge in [0.1, 0.15) is 5.82 Å². The SMILES string of the molecule is CCN(C[C@@H]1CC(c2ccc(Cl)c(Cl)c2)=NO1)C(=O)c1ccccc1F. The number of nitrogens with zero attached hydrogens (tertiary/aromatic N) is 2. The van der Waals surface area contributed by atoms with E-state index in [-0.39, 0.29) is 17.6 Å². The van der Waals surface area contributed by atoms with E-state index >= 15 is 0 Å². The summed E-state index contributed by atoms with van der Waals surface area (Å²) in [5.74, 6) is -0.895. The predicted octanol–water partition coefficient (Wildman–Crippen LogP) is 4.79. The van der Waals surface area contributed by atoms with Crippen molar-refractivity contribution >= 4 is 34.8 Å². The predicted molar refractivity (Wildman–Crippen MR) is 100 cm³/mol. The van der Waals surface area contributed by atoms with Gasteiger partial charge in [-0.2, -0.15) is 0 Å². The van der Waals surface area contributed by atoms with Gasteiger partial charge in [0, 0.05) is 18.5 Å². The minimum absolute atomic E-state index is 0.0537. The first-order valence-electron chi connectivity index (χ1n) is 8.21. The van der Waals surface area contributed by atoms with Crippen molar-refractivity contribution < 1.29 is 14.0 Å². The monoisotopic (exact) mass is 394 g/mol. The van der Waals surface area contributed by atoms with Gasteiger partial charge in [-0.15, -0.1) is 0 Å². The number of hydrogen-bond donors (Lipinski definition) is 0. The van der Waals surface area contributed by atoms with Crippen LogP contribution in [0.4, 0.5) is 4.39 Å². The highest BCUT2D eigenvalue weighted by Gasteiger charge is 2.27. The van der Waals surface area contributed by atoms with Gasteiger partial charge in [0.05, 0.1) is 27.9 Å². The van der Waals surface area contributed by atoms with E-state index in [1.54, 1.807) is 29.2 Å². The van der Waals surface area contributed by atoms with E-state index in [9.17, 15) is 9.18 Å². The second-order valence-corrected chi connectivity index (χ2v) is 6.74. The average molecular weight is 395 g/mol. The Morgan fingerprint density at radius 2 is 2.04 bits per heavy atom. The first-order valence-corrected chi connectivity index (χ1v) is 8.97. The van der Waals surface area contributed by atoms with Crippen molar-refractivity contribution in [2.45, 2.75) is 19.4 Å². The molecule has 0 spiro atoms. The standard InChI is InChI=1S/C19H17Cl2FN2O2/c1-2-24(19(25)14-5-3-4-6-17(14)22)11-13-10-18(23-26-13)12-7-8-15(20)16(21)9-12/h3-9,13H,2,10-11H2,1H3/t13-/m0/s1. The Kier molecular flexibility index (Phi) is 5.79. The molecule has 2 aromatic carbocycles. The summed E-state index contributed by atoms with van der Waals surface area (Å²) in [6.07, 6.45) is 0.231. The molecule has 1 heterocycles. The third kappa shape index (κ3) is 4.00. The summed E-state index contributed by atoms with van der Waals surface area (Å²) in [6.45, 7) is 2.60. The lowest BCUT2D eigenvalue weighted by atomic mass is 10.0. The molecule has 26 heavy (non-hydrogen) atoms. The Hall–Kier alpha value is -2.11. The van der Waals surface area contributed by atoms with Gasteiger partial charge in [-0.1, -0.05) is 46.6 Å². The highest BCUT2D eigenvalue weighted by molar-refractivity contribution is 6.42. The quantitative estimate of drug-likeness (QED) is 0.731. The van der Waals surface area contributed by atoms with Gasteiger partial charge in [0.15, 0.2) is 6.10 Å². The van der Waals surface area contributed by atoms with Crippen molar-refractivity contribution in [3.05, 3.63) is 69.5 Å². The van der Waals surface area contributed by atoms with Crippen LogP contribution in [0.3, 0.4) is 0 Å². The molecule has 136 valence electrons. The summed E-state index contributed by atoms with van der Waals surface area (Å²) in [5, 5.41) is 5.01. The lowest BCUT2D eigenvalue weighted by molar-refractivity contribution is 0.0433. The summed E-state index contributed by atoms with van der Waals surface area (Å²) in [6, 6.07) is 11.2. The molecule has 0 saturated heterocycles. The molecule has 0 N–H and O–H groups in total. The second kappa shape index (κ2) is 8.06. The van der Waals surface area contributed by atoms with Crippen LogP contribution in [0.2, 0.25) is 10.0 Å². The van der Waals surface area contributed by atoms with Crippen LogP contribution in [0.15, 0.2) is 47.6 Å². The molecule has 1 atom stereocenters. The lowest BCUT2D eigenvalue weighted by Gasteiger charge is -2.23. The highest BCUT2D eigenvalue weighted by Crippen LogP contribution is 2.26. The Labute approximate surface area is 161 Å². The zero-order chi connectivity index (χ0) is 18.7. The number of oxime groups is 1. The molecular formula is C19H17Cl2FN2O2. The van der Waals surface area contributed by atoms with Crippen LogP contribution in [0, 0.1) is 5.82 Å². The minimum Gasteiger partial charge on any atom is -0.390 e. The molecule has 0 bridgehead atoms. The van der Waals surface area contributed by atoms with Crippen LogP contribution >= 0.6 is 23.2 Å². The van der Waals surface area contributed by atoms with Crippen LogP contribution in [-0.2, 0) is 4.84 Å². The van der Waals surface area contributed by atoms with Crippen LogP contribution < -0.4 is 0 Å². The second-order valence-electron chi connectivity index (χ2n) is 5.92. The van der Waals surface area contributed by atoms with Gasteiger partial charge in [-0.05, 0) is 31.2 Å². The number of benzene rings is 2. The van der Waals surface area contributed by atoms with Crippen molar-refractivity contribution in [2.24, 2.45) is 5.16 Å². The maximum atomic E-state index is 13.9. The van der Waals surface area contributed by atoms with Gasteiger partial charge >= 0.3 is 0 Å². The Morgan fingerprint density at radius 1 is 1.27 bits per heavy atom. The van der Waals surface area contributed by atoms with Gasteiger partial charge in [0.25, 0.3) is 5.91 Å². The molecule has 2 aromatic rings. The van der Waals surface area contributed by atoms with Crippen LogP contribution in [0.5, 0.6) is 0 Å². The first-order chi connectivity index (χ1) is 12.5. The molecule has 1 aliphatic rings. The fourth-order valence-corrected chi connectivity index (χ4v) is 3.08. The Bertz CT molecular complexity index is 857. The molecule has 1 amide bonds. The fourth-order valence-electron chi connectivity index (χ4n) is 2.78. The third-order valence-electron chi connectivity index (χ3n) is 4.18. The lowest BCUT2D eigenvalue weighted by Crippen LogP contribution is -2.38. The van der Waals surface area contributed by atoms with E-state index in [4.69, 9.17) is 28.0 Å². The van der Waals surface area contributed by atoms with E-state index in [1.165, 1.54) is 12.1 Å². The number of hydrogen-bond acceptors (Lipinski definition) is 3. The number of amides is 1. The molecule has 0 radical (unpaired) electrons. The van der Waals surface area contributed by atoms with E-state index < -0.39 is 5.82 Å². The maximum absolute atomic E-state index is 13.9. The van der Waals surface area contributed by atoms with E-state index in [2.05, 4.69) is 5.16 Å². The number of carbonyl (C=O) groups is 1. The molecule has 0 aliphatic carbocycles. The van der Waals surface area contributed by atoms with E-state index in [0.29, 0.717) is 29.6 Å². The minimum atomic E-state index is -0.531. The Balaban J connectivity index is 1.67. The summed E-state index contributed by atoms with van der Waals surface area (Å²) in [7, 11) is 0. The summed E-state index contributed by atoms with van der Waals surface area (Å²) >= 11 is 12.0. The zero-order valence-electron chi connectivity index (χ0n) is 14.1. The Morgan fingerprint density at radius 3 is 2.73 bits per heavy atom. The molecule has 4 nitrogen and oxygen atoms in total. The molecule has 0 saturated carbocycles. The maximum Gasteiger partial charge on any atom is 0.256 e. The smallest absolute Gasteiger partial charge is 0.256 e.